The Hall–Kier alpha value is -3.08. The molecule has 1 saturated carbocycles. The molecule has 0 radical (unpaired) electrons. The van der Waals surface area contributed by atoms with Crippen LogP contribution in [0.25, 0.3) is 5.65 Å². The number of halogens is 3. The highest BCUT2D eigenvalue weighted by atomic mass is 35.5. The molecule has 1 saturated heterocycles. The second-order valence-electron chi connectivity index (χ2n) is 10.6. The second-order valence-corrected chi connectivity index (χ2v) is 11.3. The Morgan fingerprint density at radius 3 is 2.77 bits per heavy atom. The summed E-state index contributed by atoms with van der Waals surface area (Å²) < 4.78 is 31.3. The summed E-state index contributed by atoms with van der Waals surface area (Å²) in [6.45, 7) is 4.95. The van der Waals surface area contributed by atoms with Gasteiger partial charge >= 0.3 is 0 Å². The maximum absolute atomic E-state index is 14.0. The monoisotopic (exact) mass is 561 g/mol. The molecule has 210 valence electrons. The molecule has 0 aromatic carbocycles. The van der Waals surface area contributed by atoms with Crippen LogP contribution in [0, 0.1) is 11.8 Å². The van der Waals surface area contributed by atoms with Gasteiger partial charge in [0.15, 0.2) is 5.65 Å². The van der Waals surface area contributed by atoms with Crippen molar-refractivity contribution in [3.05, 3.63) is 47.2 Å². The van der Waals surface area contributed by atoms with Gasteiger partial charge in [-0.25, -0.2) is 18.3 Å². The SMILES string of the molecule is CCn1nccc1C(=O)NC(c1cn2nc(CC3CCCNC3=O)c(C(C)Cl)cc2n1)C1CCC(F)(F)CC1. The average molecular weight is 562 g/mol. The number of hydrogen-bond donors (Lipinski definition) is 2. The summed E-state index contributed by atoms with van der Waals surface area (Å²) in [5.41, 5.74) is 3.01. The first kappa shape index (κ1) is 27.5. The molecule has 0 bridgehead atoms. The highest BCUT2D eigenvalue weighted by Crippen LogP contribution is 2.41. The number of carbonyl (C=O) groups is 2. The van der Waals surface area contributed by atoms with E-state index in [1.165, 1.54) is 0 Å². The lowest BCUT2D eigenvalue weighted by atomic mass is 9.81. The van der Waals surface area contributed by atoms with Crippen LogP contribution < -0.4 is 10.6 Å². The number of nitrogens with one attached hydrogen (secondary N) is 2. The molecule has 39 heavy (non-hydrogen) atoms. The Labute approximate surface area is 230 Å². The predicted octanol–water partition coefficient (Wildman–Crippen LogP) is 4.61. The Morgan fingerprint density at radius 1 is 1.31 bits per heavy atom. The van der Waals surface area contributed by atoms with Gasteiger partial charge in [-0.3, -0.25) is 14.3 Å². The molecule has 4 heterocycles. The molecule has 5 rings (SSSR count). The highest BCUT2D eigenvalue weighted by molar-refractivity contribution is 6.20. The molecule has 9 nitrogen and oxygen atoms in total. The third-order valence-electron chi connectivity index (χ3n) is 7.93. The molecule has 12 heteroatoms. The van der Waals surface area contributed by atoms with E-state index in [-0.39, 0.29) is 54.7 Å². The standard InChI is InChI=1S/C27H34ClF2N7O2/c1-3-36-22(8-12-32-36)26(39)34-24(17-6-9-27(29,30)10-7-17)21-15-37-23(33-21)14-19(16(2)28)20(35-37)13-18-5-4-11-31-25(18)38/h8,12,14-18,24H,3-7,9-11,13H2,1-2H3,(H,31,38)(H,34,39). The Kier molecular flexibility index (Phi) is 7.89. The van der Waals surface area contributed by atoms with Crippen LogP contribution in [0.1, 0.15) is 91.2 Å². The van der Waals surface area contributed by atoms with E-state index >= 15 is 0 Å². The van der Waals surface area contributed by atoms with Crippen LogP contribution in [-0.2, 0) is 17.8 Å². The zero-order valence-electron chi connectivity index (χ0n) is 22.2. The fraction of sp³-hybridized carbons (Fsp3) is 0.593. The smallest absolute Gasteiger partial charge is 0.270 e. The van der Waals surface area contributed by atoms with Crippen LogP contribution in [-0.4, -0.2) is 48.7 Å². The maximum atomic E-state index is 14.0. The van der Waals surface area contributed by atoms with E-state index in [4.69, 9.17) is 21.7 Å². The van der Waals surface area contributed by atoms with Gasteiger partial charge in [-0.2, -0.15) is 10.2 Å². The van der Waals surface area contributed by atoms with Crippen molar-refractivity contribution in [2.45, 2.75) is 82.7 Å². The van der Waals surface area contributed by atoms with Gasteiger partial charge < -0.3 is 10.6 Å². The van der Waals surface area contributed by atoms with E-state index < -0.39 is 12.0 Å². The largest absolute Gasteiger partial charge is 0.356 e. The molecule has 3 aromatic rings. The van der Waals surface area contributed by atoms with Gasteiger partial charge in [0.05, 0.1) is 29.0 Å². The lowest BCUT2D eigenvalue weighted by Gasteiger charge is -2.33. The second kappa shape index (κ2) is 11.2. The highest BCUT2D eigenvalue weighted by Gasteiger charge is 2.39. The third kappa shape index (κ3) is 5.92. The van der Waals surface area contributed by atoms with E-state index in [9.17, 15) is 18.4 Å². The molecule has 3 unspecified atom stereocenters. The number of aryl methyl sites for hydroxylation is 1. The van der Waals surface area contributed by atoms with E-state index in [0.29, 0.717) is 36.5 Å². The molecule has 2 aliphatic rings. The molecular formula is C27H34ClF2N7O2. The number of carbonyl (C=O) groups excluding carboxylic acids is 2. The quantitative estimate of drug-likeness (QED) is 0.391. The van der Waals surface area contributed by atoms with Gasteiger partial charge in [0.1, 0.15) is 5.69 Å². The summed E-state index contributed by atoms with van der Waals surface area (Å²) in [6.07, 6.45) is 5.53. The van der Waals surface area contributed by atoms with Crippen molar-refractivity contribution in [2.24, 2.45) is 11.8 Å². The van der Waals surface area contributed by atoms with E-state index in [1.807, 2.05) is 19.9 Å². The van der Waals surface area contributed by atoms with Gasteiger partial charge in [0.25, 0.3) is 5.91 Å². The first-order chi connectivity index (χ1) is 18.6. The summed E-state index contributed by atoms with van der Waals surface area (Å²) >= 11 is 6.52. The zero-order chi connectivity index (χ0) is 27.7. The number of piperidine rings is 1. The zero-order valence-corrected chi connectivity index (χ0v) is 22.9. The number of imidazole rings is 1. The summed E-state index contributed by atoms with van der Waals surface area (Å²) in [4.78, 5) is 30.5. The predicted molar refractivity (Wildman–Crippen MR) is 142 cm³/mol. The lowest BCUT2D eigenvalue weighted by Crippen LogP contribution is -2.38. The Balaban J connectivity index is 1.49. The van der Waals surface area contributed by atoms with Crippen LogP contribution >= 0.6 is 11.6 Å². The number of alkyl halides is 3. The number of amides is 2. The van der Waals surface area contributed by atoms with Crippen molar-refractivity contribution in [1.82, 2.24) is 35.0 Å². The summed E-state index contributed by atoms with van der Waals surface area (Å²) in [5, 5.41) is 14.6. The molecule has 2 N–H and O–H groups in total. The molecule has 1 aliphatic heterocycles. The number of rotatable bonds is 8. The average Bonchev–Trinajstić information content (AvgIpc) is 3.55. The fourth-order valence-corrected chi connectivity index (χ4v) is 5.92. The van der Waals surface area contributed by atoms with Gasteiger partial charge in [0, 0.05) is 44.5 Å². The number of hydrogen-bond acceptors (Lipinski definition) is 5. The molecule has 1 aliphatic carbocycles. The van der Waals surface area contributed by atoms with Gasteiger partial charge in [-0.05, 0) is 63.1 Å². The fourth-order valence-electron chi connectivity index (χ4n) is 5.73. The topological polar surface area (TPSA) is 106 Å². The van der Waals surface area contributed by atoms with Crippen molar-refractivity contribution in [1.29, 1.82) is 0 Å². The number of fused-ring (bicyclic) bond motifs is 1. The van der Waals surface area contributed by atoms with Gasteiger partial charge in [-0.1, -0.05) is 0 Å². The summed E-state index contributed by atoms with van der Waals surface area (Å²) in [6, 6.07) is 2.92. The van der Waals surface area contributed by atoms with Crippen LogP contribution in [0.5, 0.6) is 0 Å². The van der Waals surface area contributed by atoms with Gasteiger partial charge in [0.2, 0.25) is 11.8 Å². The van der Waals surface area contributed by atoms with Crippen LogP contribution in [0.4, 0.5) is 8.78 Å². The number of aromatic nitrogens is 5. The Bertz CT molecular complexity index is 1350. The number of nitrogens with zero attached hydrogens (tertiary/aromatic N) is 5. The molecule has 3 atom stereocenters. The van der Waals surface area contributed by atoms with Crippen LogP contribution in [0.15, 0.2) is 24.5 Å². The van der Waals surface area contributed by atoms with Crippen LogP contribution in [0.3, 0.4) is 0 Å². The lowest BCUT2D eigenvalue weighted by molar-refractivity contribution is -0.126. The molecule has 0 spiro atoms. The van der Waals surface area contributed by atoms with Crippen molar-refractivity contribution in [3.63, 3.8) is 0 Å². The van der Waals surface area contributed by atoms with E-state index in [1.54, 1.807) is 27.7 Å². The van der Waals surface area contributed by atoms with E-state index in [0.717, 1.165) is 24.1 Å². The first-order valence-corrected chi connectivity index (χ1v) is 14.1. The molecule has 2 amide bonds. The normalized spacial score (nSPS) is 21.5. The minimum atomic E-state index is -2.70. The van der Waals surface area contributed by atoms with Crippen molar-refractivity contribution < 1.29 is 18.4 Å². The van der Waals surface area contributed by atoms with E-state index in [2.05, 4.69) is 15.7 Å². The summed E-state index contributed by atoms with van der Waals surface area (Å²) in [5.74, 6) is -3.40. The molecule has 2 fully saturated rings. The molecular weight excluding hydrogens is 528 g/mol. The minimum absolute atomic E-state index is 0.0193. The van der Waals surface area contributed by atoms with Crippen LogP contribution in [0.2, 0.25) is 0 Å². The third-order valence-corrected chi connectivity index (χ3v) is 8.17. The Morgan fingerprint density at radius 2 is 2.08 bits per heavy atom. The first-order valence-electron chi connectivity index (χ1n) is 13.7. The molecule has 3 aromatic heterocycles. The van der Waals surface area contributed by atoms with Gasteiger partial charge in [-0.15, -0.1) is 11.6 Å². The summed E-state index contributed by atoms with van der Waals surface area (Å²) in [7, 11) is 0. The minimum Gasteiger partial charge on any atom is -0.356 e. The van der Waals surface area contributed by atoms with Crippen molar-refractivity contribution in [3.8, 4) is 0 Å². The van der Waals surface area contributed by atoms with Crippen molar-refractivity contribution in [2.75, 3.05) is 6.54 Å². The van der Waals surface area contributed by atoms with Crippen molar-refractivity contribution >= 4 is 29.1 Å². The maximum Gasteiger partial charge on any atom is 0.270 e.